The molecule has 1 N–H and O–H groups in total. The summed E-state index contributed by atoms with van der Waals surface area (Å²) in [5.41, 5.74) is 2.35. The molecule has 1 aliphatic heterocycles. The molecule has 2 heterocycles. The fourth-order valence-corrected chi connectivity index (χ4v) is 2.92. The number of aromatic nitrogens is 1. The Kier molecular flexibility index (Phi) is 5.80. The molecule has 0 bridgehead atoms. The fraction of sp³-hybridized carbons (Fsp3) is 0.688. The molecule has 0 spiro atoms. The molecule has 3 heteroatoms. The first kappa shape index (κ1) is 14.5. The minimum atomic E-state index is 0.853. The molecule has 106 valence electrons. The van der Waals surface area contributed by atoms with Crippen molar-refractivity contribution in [3.63, 3.8) is 0 Å². The van der Waals surface area contributed by atoms with Gasteiger partial charge in [-0.05, 0) is 57.5 Å². The lowest BCUT2D eigenvalue weighted by molar-refractivity contribution is 0.268. The van der Waals surface area contributed by atoms with Gasteiger partial charge < -0.3 is 5.32 Å². The van der Waals surface area contributed by atoms with Crippen molar-refractivity contribution in [2.45, 2.75) is 45.7 Å². The zero-order chi connectivity index (χ0) is 13.5. The van der Waals surface area contributed by atoms with E-state index in [1.165, 1.54) is 44.5 Å². The Hall–Kier alpha value is -0.930. The van der Waals surface area contributed by atoms with Crippen LogP contribution in [0.3, 0.4) is 0 Å². The quantitative estimate of drug-likeness (QED) is 0.883. The van der Waals surface area contributed by atoms with Crippen LogP contribution >= 0.6 is 0 Å². The maximum atomic E-state index is 4.72. The van der Waals surface area contributed by atoms with Crippen LogP contribution in [0.25, 0.3) is 0 Å². The van der Waals surface area contributed by atoms with Crippen molar-refractivity contribution < 1.29 is 0 Å². The lowest BCUT2D eigenvalue weighted by Crippen LogP contribution is -2.25. The predicted octanol–water partition coefficient (Wildman–Crippen LogP) is 2.81. The molecule has 1 aliphatic rings. The normalized spacial score (nSPS) is 21.3. The van der Waals surface area contributed by atoms with E-state index in [-0.39, 0.29) is 0 Å². The van der Waals surface area contributed by atoms with Gasteiger partial charge in [0.05, 0.1) is 11.4 Å². The molecule has 0 amide bonds. The summed E-state index contributed by atoms with van der Waals surface area (Å²) >= 11 is 0. The van der Waals surface area contributed by atoms with Crippen molar-refractivity contribution in [3.8, 4) is 0 Å². The fourth-order valence-electron chi connectivity index (χ4n) is 2.92. The number of pyridine rings is 1. The second-order valence-corrected chi connectivity index (χ2v) is 5.63. The Morgan fingerprint density at radius 2 is 2.11 bits per heavy atom. The molecule has 1 fully saturated rings. The van der Waals surface area contributed by atoms with Gasteiger partial charge in [0.1, 0.15) is 0 Å². The lowest BCUT2D eigenvalue weighted by Gasteiger charge is -2.19. The second kappa shape index (κ2) is 7.61. The number of rotatable bonds is 5. The van der Waals surface area contributed by atoms with Crippen LogP contribution in [0.5, 0.6) is 0 Å². The summed E-state index contributed by atoms with van der Waals surface area (Å²) in [6.45, 7) is 6.65. The Morgan fingerprint density at radius 1 is 1.26 bits per heavy atom. The highest BCUT2D eigenvalue weighted by atomic mass is 15.1. The van der Waals surface area contributed by atoms with Crippen LogP contribution in [0.4, 0.5) is 0 Å². The second-order valence-electron chi connectivity index (χ2n) is 5.63. The molecule has 0 radical (unpaired) electrons. The van der Waals surface area contributed by atoms with Crippen molar-refractivity contribution in [2.75, 3.05) is 20.1 Å². The SMILES string of the molecule is CCC1CCCN(Cc2cccc(CNC)n2)CC1. The summed E-state index contributed by atoms with van der Waals surface area (Å²) in [7, 11) is 1.97. The third-order valence-electron chi connectivity index (χ3n) is 4.13. The minimum Gasteiger partial charge on any atom is -0.314 e. The summed E-state index contributed by atoms with van der Waals surface area (Å²) in [5.74, 6) is 0.939. The van der Waals surface area contributed by atoms with Crippen LogP contribution in [0.1, 0.15) is 44.0 Å². The minimum absolute atomic E-state index is 0.853. The Bertz CT molecular complexity index is 378. The summed E-state index contributed by atoms with van der Waals surface area (Å²) < 4.78 is 0. The molecule has 0 aromatic carbocycles. The van der Waals surface area contributed by atoms with Crippen molar-refractivity contribution in [2.24, 2.45) is 5.92 Å². The van der Waals surface area contributed by atoms with E-state index in [2.05, 4.69) is 35.3 Å². The molecule has 1 atom stereocenters. The predicted molar refractivity (Wildman–Crippen MR) is 79.9 cm³/mol. The first-order chi connectivity index (χ1) is 9.31. The Morgan fingerprint density at radius 3 is 2.89 bits per heavy atom. The molecule has 1 aromatic rings. The molecule has 19 heavy (non-hydrogen) atoms. The first-order valence-electron chi connectivity index (χ1n) is 7.63. The lowest BCUT2D eigenvalue weighted by atomic mass is 9.98. The Balaban J connectivity index is 1.91. The van der Waals surface area contributed by atoms with Crippen molar-refractivity contribution in [1.82, 2.24) is 15.2 Å². The number of likely N-dealkylation sites (tertiary alicyclic amines) is 1. The molecule has 1 aromatic heterocycles. The molecule has 1 saturated heterocycles. The van der Waals surface area contributed by atoms with Gasteiger partial charge in [-0.15, -0.1) is 0 Å². The van der Waals surface area contributed by atoms with Crippen molar-refractivity contribution in [3.05, 3.63) is 29.6 Å². The molecule has 3 nitrogen and oxygen atoms in total. The standard InChI is InChI=1S/C16H27N3/c1-3-14-6-5-10-19(11-9-14)13-16-8-4-7-15(18-16)12-17-2/h4,7-8,14,17H,3,5-6,9-13H2,1-2H3. The zero-order valence-electron chi connectivity index (χ0n) is 12.4. The number of nitrogens with zero attached hydrogens (tertiary/aromatic N) is 2. The van der Waals surface area contributed by atoms with Gasteiger partial charge in [0.25, 0.3) is 0 Å². The van der Waals surface area contributed by atoms with Gasteiger partial charge >= 0.3 is 0 Å². The number of hydrogen-bond acceptors (Lipinski definition) is 3. The van der Waals surface area contributed by atoms with Crippen LogP contribution in [0.15, 0.2) is 18.2 Å². The van der Waals surface area contributed by atoms with E-state index in [1.54, 1.807) is 0 Å². The highest BCUT2D eigenvalue weighted by Gasteiger charge is 2.16. The van der Waals surface area contributed by atoms with Gasteiger partial charge in [0.15, 0.2) is 0 Å². The van der Waals surface area contributed by atoms with E-state index >= 15 is 0 Å². The molecular formula is C16H27N3. The summed E-state index contributed by atoms with van der Waals surface area (Å²) in [5, 5.41) is 3.16. The highest BCUT2D eigenvalue weighted by Crippen LogP contribution is 2.21. The average Bonchev–Trinajstić information content (AvgIpc) is 2.65. The van der Waals surface area contributed by atoms with Gasteiger partial charge in [-0.2, -0.15) is 0 Å². The average molecular weight is 261 g/mol. The summed E-state index contributed by atoms with van der Waals surface area (Å²) in [6, 6.07) is 6.37. The van der Waals surface area contributed by atoms with Gasteiger partial charge in [0, 0.05) is 13.1 Å². The monoisotopic (exact) mass is 261 g/mol. The smallest absolute Gasteiger partial charge is 0.0547 e. The molecule has 0 saturated carbocycles. The molecule has 1 unspecified atom stereocenters. The van der Waals surface area contributed by atoms with Crippen LogP contribution in [-0.4, -0.2) is 30.0 Å². The summed E-state index contributed by atoms with van der Waals surface area (Å²) in [4.78, 5) is 7.29. The molecule has 2 rings (SSSR count). The van der Waals surface area contributed by atoms with Crippen LogP contribution in [-0.2, 0) is 13.1 Å². The highest BCUT2D eigenvalue weighted by molar-refractivity contribution is 5.11. The largest absolute Gasteiger partial charge is 0.314 e. The van der Waals surface area contributed by atoms with Gasteiger partial charge in [-0.3, -0.25) is 9.88 Å². The van der Waals surface area contributed by atoms with Gasteiger partial charge in [0.2, 0.25) is 0 Å². The maximum Gasteiger partial charge on any atom is 0.0547 e. The van der Waals surface area contributed by atoms with Crippen LogP contribution in [0.2, 0.25) is 0 Å². The summed E-state index contributed by atoms with van der Waals surface area (Å²) in [6.07, 6.45) is 5.44. The molecule has 0 aliphatic carbocycles. The van der Waals surface area contributed by atoms with E-state index in [0.29, 0.717) is 0 Å². The number of hydrogen-bond donors (Lipinski definition) is 1. The topological polar surface area (TPSA) is 28.2 Å². The maximum absolute atomic E-state index is 4.72. The van der Waals surface area contributed by atoms with Crippen molar-refractivity contribution in [1.29, 1.82) is 0 Å². The Labute approximate surface area is 117 Å². The van der Waals surface area contributed by atoms with Crippen LogP contribution in [0, 0.1) is 5.92 Å². The third kappa shape index (κ3) is 4.59. The van der Waals surface area contributed by atoms with E-state index in [9.17, 15) is 0 Å². The van der Waals surface area contributed by atoms with E-state index in [1.807, 2.05) is 7.05 Å². The van der Waals surface area contributed by atoms with Gasteiger partial charge in [-0.1, -0.05) is 19.4 Å². The van der Waals surface area contributed by atoms with E-state index in [4.69, 9.17) is 4.98 Å². The van der Waals surface area contributed by atoms with Gasteiger partial charge in [-0.25, -0.2) is 0 Å². The third-order valence-corrected chi connectivity index (χ3v) is 4.13. The van der Waals surface area contributed by atoms with E-state index in [0.717, 1.165) is 24.7 Å². The zero-order valence-corrected chi connectivity index (χ0v) is 12.4. The van der Waals surface area contributed by atoms with E-state index < -0.39 is 0 Å². The molecular weight excluding hydrogens is 234 g/mol. The van der Waals surface area contributed by atoms with Crippen molar-refractivity contribution >= 4 is 0 Å². The number of nitrogens with one attached hydrogen (secondary N) is 1. The van der Waals surface area contributed by atoms with Crippen LogP contribution < -0.4 is 5.32 Å². The first-order valence-corrected chi connectivity index (χ1v) is 7.63.